The third kappa shape index (κ3) is 3.93. The SMILES string of the molecule is CC1(C)CC(C(=O)NOC2CCNCC2)N2CC1N(OS(=O)(=O)O)C2=O. The zero-order chi connectivity index (χ0) is 19.1. The van der Waals surface area contributed by atoms with E-state index in [9.17, 15) is 18.0 Å². The van der Waals surface area contributed by atoms with Crippen LogP contribution in [0.4, 0.5) is 4.79 Å². The lowest BCUT2D eigenvalue weighted by Crippen LogP contribution is -2.55. The molecule has 2 atom stereocenters. The van der Waals surface area contributed by atoms with Gasteiger partial charge >= 0.3 is 16.4 Å². The summed E-state index contributed by atoms with van der Waals surface area (Å²) in [6, 6.07) is -2.20. The second-order valence-corrected chi connectivity index (χ2v) is 8.53. The van der Waals surface area contributed by atoms with E-state index < -0.39 is 39.8 Å². The first-order valence-electron chi connectivity index (χ1n) is 8.51. The molecule has 0 radical (unpaired) electrons. The molecule has 3 saturated heterocycles. The molecule has 0 aromatic carbocycles. The maximum absolute atomic E-state index is 12.6. The minimum absolute atomic E-state index is 0.0850. The fraction of sp³-hybridized carbons (Fsp3) is 0.857. The average Bonchev–Trinajstić information content (AvgIpc) is 2.84. The van der Waals surface area contributed by atoms with Gasteiger partial charge in [0.05, 0.1) is 12.1 Å². The summed E-state index contributed by atoms with van der Waals surface area (Å²) in [4.78, 5) is 31.8. The van der Waals surface area contributed by atoms with Crippen LogP contribution < -0.4 is 10.8 Å². The van der Waals surface area contributed by atoms with E-state index in [-0.39, 0.29) is 12.6 Å². The van der Waals surface area contributed by atoms with Gasteiger partial charge in [0, 0.05) is 6.54 Å². The fourth-order valence-electron chi connectivity index (χ4n) is 3.71. The number of carbonyl (C=O) groups excluding carboxylic acids is 2. The Morgan fingerprint density at radius 1 is 1.35 bits per heavy atom. The summed E-state index contributed by atoms with van der Waals surface area (Å²) >= 11 is 0. The number of carbonyl (C=O) groups is 2. The van der Waals surface area contributed by atoms with Crippen LogP contribution in [0.15, 0.2) is 0 Å². The molecule has 0 saturated carbocycles. The molecular formula is C14H24N4O7S. The first-order valence-corrected chi connectivity index (χ1v) is 9.88. The van der Waals surface area contributed by atoms with E-state index in [0.717, 1.165) is 25.9 Å². The fourth-order valence-corrected chi connectivity index (χ4v) is 4.08. The van der Waals surface area contributed by atoms with Gasteiger partial charge in [-0.15, -0.1) is 4.28 Å². The molecule has 3 heterocycles. The minimum Gasteiger partial charge on any atom is -0.317 e. The maximum Gasteiger partial charge on any atom is 0.418 e. The van der Waals surface area contributed by atoms with E-state index in [2.05, 4.69) is 15.1 Å². The Balaban J connectivity index is 1.69. The lowest BCUT2D eigenvalue weighted by atomic mass is 9.76. The molecule has 148 valence electrons. The van der Waals surface area contributed by atoms with Crippen LogP contribution in [0.3, 0.4) is 0 Å². The van der Waals surface area contributed by atoms with Crippen LogP contribution >= 0.6 is 0 Å². The van der Waals surface area contributed by atoms with Crippen LogP contribution in [0.25, 0.3) is 0 Å². The van der Waals surface area contributed by atoms with Crippen LogP contribution in [0, 0.1) is 5.41 Å². The van der Waals surface area contributed by atoms with E-state index in [1.807, 2.05) is 13.8 Å². The van der Waals surface area contributed by atoms with Crippen molar-refractivity contribution in [1.29, 1.82) is 0 Å². The summed E-state index contributed by atoms with van der Waals surface area (Å²) in [6.07, 6.45) is 1.77. The number of hydrogen-bond acceptors (Lipinski definition) is 7. The number of piperidine rings is 2. The van der Waals surface area contributed by atoms with Gasteiger partial charge in [0.1, 0.15) is 6.04 Å². The number of rotatable bonds is 5. The van der Waals surface area contributed by atoms with Crippen molar-refractivity contribution in [2.75, 3.05) is 19.6 Å². The number of nitrogens with zero attached hydrogens (tertiary/aromatic N) is 2. The van der Waals surface area contributed by atoms with Gasteiger partial charge in [-0.1, -0.05) is 13.8 Å². The molecule has 26 heavy (non-hydrogen) atoms. The van der Waals surface area contributed by atoms with Crippen molar-refractivity contribution in [3.05, 3.63) is 0 Å². The molecule has 3 N–H and O–H groups in total. The number of nitrogens with one attached hydrogen (secondary N) is 2. The van der Waals surface area contributed by atoms with Gasteiger partial charge in [0.25, 0.3) is 5.91 Å². The van der Waals surface area contributed by atoms with Crippen LogP contribution in [0.5, 0.6) is 0 Å². The molecule has 0 aromatic rings. The third-order valence-corrected chi connectivity index (χ3v) is 5.52. The Morgan fingerprint density at radius 3 is 2.62 bits per heavy atom. The molecular weight excluding hydrogens is 368 g/mol. The van der Waals surface area contributed by atoms with Crippen molar-refractivity contribution >= 4 is 22.3 Å². The van der Waals surface area contributed by atoms with Crippen LogP contribution in [0.1, 0.15) is 33.1 Å². The average molecular weight is 392 g/mol. The molecule has 3 fully saturated rings. The van der Waals surface area contributed by atoms with Gasteiger partial charge < -0.3 is 10.2 Å². The van der Waals surface area contributed by atoms with Crippen LogP contribution in [-0.2, 0) is 24.3 Å². The predicted molar refractivity (Wildman–Crippen MR) is 87.7 cm³/mol. The molecule has 3 rings (SSSR count). The smallest absolute Gasteiger partial charge is 0.317 e. The molecule has 0 aliphatic carbocycles. The molecule has 3 aliphatic heterocycles. The van der Waals surface area contributed by atoms with Crippen LogP contribution in [-0.4, -0.2) is 72.7 Å². The summed E-state index contributed by atoms with van der Waals surface area (Å²) in [5.41, 5.74) is 1.83. The second-order valence-electron chi connectivity index (χ2n) is 7.52. The first kappa shape index (κ1) is 19.3. The van der Waals surface area contributed by atoms with Gasteiger partial charge in [-0.2, -0.15) is 13.5 Å². The van der Waals surface area contributed by atoms with E-state index in [1.54, 1.807) is 0 Å². The third-order valence-electron chi connectivity index (χ3n) is 5.17. The van der Waals surface area contributed by atoms with E-state index >= 15 is 0 Å². The van der Waals surface area contributed by atoms with Crippen molar-refractivity contribution in [2.24, 2.45) is 5.41 Å². The summed E-state index contributed by atoms with van der Waals surface area (Å²) in [7, 11) is -4.84. The van der Waals surface area contributed by atoms with Crippen molar-refractivity contribution in [1.82, 2.24) is 20.8 Å². The minimum atomic E-state index is -4.84. The Bertz CT molecular complexity index is 677. The number of fused-ring (bicyclic) bond motifs is 2. The molecule has 3 amide bonds. The van der Waals surface area contributed by atoms with Gasteiger partial charge in [-0.05, 0) is 37.8 Å². The van der Waals surface area contributed by atoms with Crippen molar-refractivity contribution < 1.29 is 31.7 Å². The summed E-state index contributed by atoms with van der Waals surface area (Å²) < 4.78 is 35.5. The van der Waals surface area contributed by atoms with Crippen molar-refractivity contribution in [2.45, 2.75) is 51.3 Å². The normalized spacial score (nSPS) is 29.1. The number of urea groups is 1. The molecule has 0 spiro atoms. The Labute approximate surface area is 151 Å². The first-order chi connectivity index (χ1) is 12.1. The molecule has 12 heteroatoms. The van der Waals surface area contributed by atoms with Crippen molar-refractivity contribution in [3.8, 4) is 0 Å². The molecule has 2 unspecified atom stereocenters. The number of amides is 3. The van der Waals surface area contributed by atoms with Crippen LogP contribution in [0.2, 0.25) is 0 Å². The molecule has 11 nitrogen and oxygen atoms in total. The summed E-state index contributed by atoms with van der Waals surface area (Å²) in [6.45, 7) is 5.35. The lowest BCUT2D eigenvalue weighted by molar-refractivity contribution is -0.146. The largest absolute Gasteiger partial charge is 0.418 e. The zero-order valence-electron chi connectivity index (χ0n) is 14.7. The Hall–Kier alpha value is -1.47. The molecule has 2 bridgehead atoms. The number of hydroxylamine groups is 3. The van der Waals surface area contributed by atoms with Gasteiger partial charge in [-0.25, -0.2) is 10.3 Å². The monoisotopic (exact) mass is 392 g/mol. The zero-order valence-corrected chi connectivity index (χ0v) is 15.5. The predicted octanol–water partition coefficient (Wildman–Crippen LogP) is -0.575. The van der Waals surface area contributed by atoms with Gasteiger partial charge in [0.2, 0.25) is 0 Å². The highest BCUT2D eigenvalue weighted by atomic mass is 32.3. The molecule has 3 aliphatic rings. The summed E-state index contributed by atoms with van der Waals surface area (Å²) in [5, 5.41) is 3.83. The lowest BCUT2D eigenvalue weighted by Gasteiger charge is -2.40. The quantitative estimate of drug-likeness (QED) is 0.418. The van der Waals surface area contributed by atoms with E-state index in [4.69, 9.17) is 9.39 Å². The Kier molecular flexibility index (Phi) is 5.14. The summed E-state index contributed by atoms with van der Waals surface area (Å²) in [5.74, 6) is -0.461. The maximum atomic E-state index is 12.6. The standard InChI is InChI=1S/C14H24N4O7S/c1-14(2)7-10(12(19)16-24-9-3-5-15-6-4-9)17-8-11(14)18(13(17)20)25-26(21,22)23/h9-11,15H,3-8H2,1-2H3,(H,16,19)(H,21,22,23). The number of hydrogen-bond donors (Lipinski definition) is 3. The highest BCUT2D eigenvalue weighted by molar-refractivity contribution is 7.80. The molecule has 0 aromatic heterocycles. The second kappa shape index (κ2) is 6.93. The van der Waals surface area contributed by atoms with E-state index in [1.165, 1.54) is 4.90 Å². The van der Waals surface area contributed by atoms with Gasteiger partial charge in [-0.3, -0.25) is 14.2 Å². The van der Waals surface area contributed by atoms with Crippen molar-refractivity contribution in [3.63, 3.8) is 0 Å². The topological polar surface area (TPSA) is 138 Å². The van der Waals surface area contributed by atoms with E-state index in [0.29, 0.717) is 11.5 Å². The van der Waals surface area contributed by atoms with Gasteiger partial charge in [0.15, 0.2) is 0 Å². The highest BCUT2D eigenvalue weighted by Crippen LogP contribution is 2.42. The highest BCUT2D eigenvalue weighted by Gasteiger charge is 2.57. The Morgan fingerprint density at radius 2 is 2.00 bits per heavy atom.